The summed E-state index contributed by atoms with van der Waals surface area (Å²) in [6, 6.07) is 7.69. The number of nitrogens with two attached hydrogens (primary N) is 1. The fourth-order valence-electron chi connectivity index (χ4n) is 1.82. The highest BCUT2D eigenvalue weighted by atomic mass is 35.5. The Morgan fingerprint density at radius 1 is 1.46 bits per heavy atom. The van der Waals surface area contributed by atoms with Gasteiger partial charge >= 0.3 is 0 Å². The van der Waals surface area contributed by atoms with E-state index in [9.17, 15) is 4.79 Å². The zero-order valence-corrected chi connectivity index (χ0v) is 7.84. The molecule has 0 heterocycles. The number of fused-ring (bicyclic) bond motifs is 1. The smallest absolute Gasteiger partial charge is 0.243 e. The second-order valence-corrected chi connectivity index (χ2v) is 3.97. The van der Waals surface area contributed by atoms with Crippen LogP contribution >= 0.6 is 11.6 Å². The molecule has 0 fully saturated rings. The fraction of sp³-hybridized carbons (Fsp3) is 0.300. The summed E-state index contributed by atoms with van der Waals surface area (Å²) < 4.78 is 0. The fourth-order valence-corrected chi connectivity index (χ4v) is 2.10. The van der Waals surface area contributed by atoms with Gasteiger partial charge in [-0.15, -0.1) is 11.6 Å². The highest BCUT2D eigenvalue weighted by Crippen LogP contribution is 2.41. The molecule has 1 aromatic carbocycles. The Labute approximate surface area is 81.7 Å². The monoisotopic (exact) mass is 195 g/mol. The molecule has 1 atom stereocenters. The number of carbonyl (C=O) groups excluding carboxylic acids is 1. The van der Waals surface area contributed by atoms with Crippen molar-refractivity contribution < 1.29 is 4.79 Å². The topological polar surface area (TPSA) is 43.1 Å². The summed E-state index contributed by atoms with van der Waals surface area (Å²) in [4.78, 5) is 10.2. The summed E-state index contributed by atoms with van der Waals surface area (Å²) in [5, 5.41) is 0. The van der Waals surface area contributed by atoms with Gasteiger partial charge in [0.2, 0.25) is 5.91 Å². The van der Waals surface area contributed by atoms with Crippen molar-refractivity contribution in [3.05, 3.63) is 35.4 Å². The lowest BCUT2D eigenvalue weighted by molar-refractivity contribution is -0.120. The first-order chi connectivity index (χ1) is 6.14. The van der Waals surface area contributed by atoms with Crippen LogP contribution < -0.4 is 5.73 Å². The maximum Gasteiger partial charge on any atom is 0.243 e. The molecule has 0 radical (unpaired) electrons. The number of rotatable bonds is 1. The van der Waals surface area contributed by atoms with Crippen molar-refractivity contribution in [3.63, 3.8) is 0 Å². The maximum absolute atomic E-state index is 11.2. The molecule has 13 heavy (non-hydrogen) atoms. The van der Waals surface area contributed by atoms with E-state index in [2.05, 4.69) is 0 Å². The lowest BCUT2D eigenvalue weighted by atomic mass is 10.00. The van der Waals surface area contributed by atoms with Gasteiger partial charge in [-0.25, -0.2) is 0 Å². The van der Waals surface area contributed by atoms with Gasteiger partial charge in [-0.05, 0) is 24.0 Å². The Balaban J connectivity index is 2.55. The van der Waals surface area contributed by atoms with E-state index in [0.29, 0.717) is 6.42 Å². The van der Waals surface area contributed by atoms with Crippen LogP contribution in [-0.4, -0.2) is 5.91 Å². The van der Waals surface area contributed by atoms with Crippen LogP contribution in [0.5, 0.6) is 0 Å². The summed E-state index contributed by atoms with van der Waals surface area (Å²) in [7, 11) is 0. The van der Waals surface area contributed by atoms with Crippen LogP contribution in [0.3, 0.4) is 0 Å². The normalized spacial score (nSPS) is 25.6. The molecule has 2 nitrogen and oxygen atoms in total. The molecule has 1 aromatic rings. The van der Waals surface area contributed by atoms with Crippen molar-refractivity contribution >= 4 is 17.5 Å². The SMILES string of the molecule is NC(=O)C1(Cl)CCc2ccccc21. The zero-order valence-electron chi connectivity index (χ0n) is 7.09. The van der Waals surface area contributed by atoms with Crippen molar-refractivity contribution in [1.29, 1.82) is 0 Å². The van der Waals surface area contributed by atoms with Crippen LogP contribution in [0.15, 0.2) is 24.3 Å². The molecule has 0 spiro atoms. The van der Waals surface area contributed by atoms with Crippen molar-refractivity contribution in [2.75, 3.05) is 0 Å². The second kappa shape index (κ2) is 2.74. The molecular formula is C10H10ClNO. The van der Waals surface area contributed by atoms with Crippen LogP contribution in [0.4, 0.5) is 0 Å². The molecule has 1 aliphatic rings. The Bertz CT molecular complexity index is 364. The zero-order chi connectivity index (χ0) is 9.47. The van der Waals surface area contributed by atoms with Crippen molar-refractivity contribution in [2.24, 2.45) is 5.73 Å². The first kappa shape index (κ1) is 8.57. The van der Waals surface area contributed by atoms with Gasteiger partial charge in [-0.2, -0.15) is 0 Å². The van der Waals surface area contributed by atoms with E-state index < -0.39 is 10.8 Å². The number of hydrogen-bond donors (Lipinski definition) is 1. The quantitative estimate of drug-likeness (QED) is 0.679. The standard InChI is InChI=1S/C10H10ClNO/c11-10(9(12)13)6-5-7-3-1-2-4-8(7)10/h1-4H,5-6H2,(H2,12,13). The molecular weight excluding hydrogens is 186 g/mol. The summed E-state index contributed by atoms with van der Waals surface area (Å²) in [5.41, 5.74) is 7.29. The minimum atomic E-state index is -0.962. The number of carbonyl (C=O) groups is 1. The third-order valence-electron chi connectivity index (χ3n) is 2.57. The number of primary amides is 1. The third kappa shape index (κ3) is 1.13. The Morgan fingerprint density at radius 3 is 2.85 bits per heavy atom. The van der Waals surface area contributed by atoms with Gasteiger partial charge in [0, 0.05) is 0 Å². The number of aryl methyl sites for hydroxylation is 1. The molecule has 1 amide bonds. The van der Waals surface area contributed by atoms with Crippen molar-refractivity contribution in [3.8, 4) is 0 Å². The lowest BCUT2D eigenvalue weighted by Crippen LogP contribution is -2.33. The van der Waals surface area contributed by atoms with Gasteiger partial charge < -0.3 is 5.73 Å². The molecule has 0 aromatic heterocycles. The number of benzene rings is 1. The van der Waals surface area contributed by atoms with E-state index >= 15 is 0 Å². The summed E-state index contributed by atoms with van der Waals surface area (Å²) in [6.07, 6.45) is 1.45. The van der Waals surface area contributed by atoms with Crippen LogP contribution in [0.1, 0.15) is 17.5 Å². The highest BCUT2D eigenvalue weighted by molar-refractivity contribution is 6.35. The number of amides is 1. The van der Waals surface area contributed by atoms with Gasteiger partial charge in [-0.1, -0.05) is 24.3 Å². The first-order valence-electron chi connectivity index (χ1n) is 4.22. The minimum Gasteiger partial charge on any atom is -0.368 e. The molecule has 0 saturated carbocycles. The van der Waals surface area contributed by atoms with Gasteiger partial charge in [0.15, 0.2) is 0 Å². The van der Waals surface area contributed by atoms with Crippen LogP contribution in [0, 0.1) is 0 Å². The second-order valence-electron chi connectivity index (χ2n) is 3.32. The molecule has 68 valence electrons. The number of alkyl halides is 1. The molecule has 3 heteroatoms. The van der Waals surface area contributed by atoms with E-state index in [1.807, 2.05) is 24.3 Å². The molecule has 0 saturated heterocycles. The first-order valence-corrected chi connectivity index (χ1v) is 4.59. The Morgan fingerprint density at radius 2 is 2.15 bits per heavy atom. The number of halogens is 1. The molecule has 2 rings (SSSR count). The average molecular weight is 196 g/mol. The average Bonchev–Trinajstić information content (AvgIpc) is 2.47. The third-order valence-corrected chi connectivity index (χ3v) is 3.15. The van der Waals surface area contributed by atoms with Gasteiger partial charge in [0.05, 0.1) is 0 Å². The maximum atomic E-state index is 11.2. The van der Waals surface area contributed by atoms with Crippen LogP contribution in [-0.2, 0) is 16.1 Å². The predicted octanol–water partition coefficient (Wildman–Crippen LogP) is 1.55. The van der Waals surface area contributed by atoms with Gasteiger partial charge in [0.25, 0.3) is 0 Å². The molecule has 0 bridgehead atoms. The Hall–Kier alpha value is -1.02. The summed E-state index contributed by atoms with van der Waals surface area (Å²) in [5.74, 6) is -0.445. The molecule has 1 aliphatic carbocycles. The Kier molecular flexibility index (Phi) is 1.81. The minimum absolute atomic E-state index is 0.445. The van der Waals surface area contributed by atoms with Crippen LogP contribution in [0.25, 0.3) is 0 Å². The largest absolute Gasteiger partial charge is 0.368 e. The van der Waals surface area contributed by atoms with E-state index in [4.69, 9.17) is 17.3 Å². The molecule has 0 aliphatic heterocycles. The van der Waals surface area contributed by atoms with Gasteiger partial charge in [-0.3, -0.25) is 4.79 Å². The summed E-state index contributed by atoms with van der Waals surface area (Å²) in [6.45, 7) is 0. The highest BCUT2D eigenvalue weighted by Gasteiger charge is 2.41. The van der Waals surface area contributed by atoms with Crippen molar-refractivity contribution in [2.45, 2.75) is 17.7 Å². The van der Waals surface area contributed by atoms with E-state index in [0.717, 1.165) is 17.5 Å². The van der Waals surface area contributed by atoms with E-state index in [1.165, 1.54) is 0 Å². The molecule has 2 N–H and O–H groups in total. The van der Waals surface area contributed by atoms with Crippen LogP contribution in [0.2, 0.25) is 0 Å². The lowest BCUT2D eigenvalue weighted by Gasteiger charge is -2.17. The number of hydrogen-bond acceptors (Lipinski definition) is 1. The van der Waals surface area contributed by atoms with Gasteiger partial charge in [0.1, 0.15) is 4.87 Å². The predicted molar refractivity (Wildman–Crippen MR) is 51.5 cm³/mol. The van der Waals surface area contributed by atoms with E-state index in [-0.39, 0.29) is 0 Å². The van der Waals surface area contributed by atoms with Crippen molar-refractivity contribution in [1.82, 2.24) is 0 Å². The molecule has 1 unspecified atom stereocenters. The van der Waals surface area contributed by atoms with E-state index in [1.54, 1.807) is 0 Å². The summed E-state index contributed by atoms with van der Waals surface area (Å²) >= 11 is 6.16.